The summed E-state index contributed by atoms with van der Waals surface area (Å²) in [4.78, 5) is 12.4. The van der Waals surface area contributed by atoms with Crippen LogP contribution in [0.2, 0.25) is 19.1 Å². The van der Waals surface area contributed by atoms with Crippen LogP contribution in [0.4, 0.5) is 0 Å². The van der Waals surface area contributed by atoms with Crippen molar-refractivity contribution in [3.63, 3.8) is 0 Å². The molecule has 49 heavy (non-hydrogen) atoms. The van der Waals surface area contributed by atoms with Gasteiger partial charge in [0.15, 0.2) is 13.4 Å². The van der Waals surface area contributed by atoms with Crippen molar-refractivity contribution in [1.29, 1.82) is 0 Å². The van der Waals surface area contributed by atoms with Gasteiger partial charge in [0.2, 0.25) is 0 Å². The molecule has 0 aliphatic heterocycles. The van der Waals surface area contributed by atoms with Crippen molar-refractivity contribution < 1.29 is 9.22 Å². The maximum absolute atomic E-state index is 12.4. The predicted octanol–water partition coefficient (Wildman–Crippen LogP) is 15.4. The zero-order valence-electron chi connectivity index (χ0n) is 34.5. The third-order valence-electron chi connectivity index (χ3n) is 10.7. The van der Waals surface area contributed by atoms with Crippen LogP contribution in [-0.4, -0.2) is 38.9 Å². The fraction of sp³-hybridized carbons (Fsp3) is 0.977. The smallest absolute Gasteiger partial charge is 0.188 e. The Morgan fingerprint density at radius 3 is 1.24 bits per heavy atom. The van der Waals surface area contributed by atoms with Gasteiger partial charge in [0.05, 0.1) is 0 Å². The van der Waals surface area contributed by atoms with E-state index in [4.69, 9.17) is 4.43 Å². The van der Waals surface area contributed by atoms with Crippen molar-refractivity contribution >= 4 is 25.2 Å². The van der Waals surface area contributed by atoms with E-state index in [1.807, 2.05) is 0 Å². The molecule has 0 radical (unpaired) electrons. The lowest BCUT2D eigenvalue weighted by Gasteiger charge is -2.26. The highest BCUT2D eigenvalue weighted by atomic mass is 32.2. The largest absolute Gasteiger partial charge is 0.416 e. The average Bonchev–Trinajstić information content (AvgIpc) is 3.09. The number of rotatable bonds is 41. The molecular weight excluding hydrogens is 635 g/mol. The second-order valence-electron chi connectivity index (χ2n) is 16.2. The van der Waals surface area contributed by atoms with Crippen LogP contribution in [0.3, 0.4) is 0 Å². The van der Waals surface area contributed by atoms with Crippen LogP contribution in [-0.2, 0) is 9.22 Å². The van der Waals surface area contributed by atoms with Gasteiger partial charge in [-0.1, -0.05) is 218 Å². The first-order chi connectivity index (χ1) is 23.9. The summed E-state index contributed by atoms with van der Waals surface area (Å²) in [5.74, 6) is 0.964. The van der Waals surface area contributed by atoms with E-state index >= 15 is 0 Å². The minimum atomic E-state index is -1.67. The molecule has 0 saturated heterocycles. The maximum atomic E-state index is 12.4. The number of carbonyl (C=O) groups is 1. The van der Waals surface area contributed by atoms with Crippen LogP contribution in [0.15, 0.2) is 0 Å². The first kappa shape index (κ1) is 49.2. The molecule has 0 amide bonds. The molecule has 0 spiro atoms. The Bertz CT molecular complexity index is 661. The predicted molar refractivity (Wildman–Crippen MR) is 227 cm³/mol. The number of hydrogen-bond donors (Lipinski definition) is 1. The average molecular weight is 726 g/mol. The molecule has 1 atom stereocenters. The molecule has 3 nitrogen and oxygen atoms in total. The van der Waals surface area contributed by atoms with Crippen molar-refractivity contribution in [2.24, 2.45) is 0 Å². The summed E-state index contributed by atoms with van der Waals surface area (Å²) >= 11 is 1.57. The molecule has 0 aromatic rings. The molecule has 0 aliphatic rings. The molecular formula is C44H91NO2SSi. The fourth-order valence-electron chi connectivity index (χ4n) is 7.04. The highest BCUT2D eigenvalue weighted by molar-refractivity contribution is 8.13. The number of thioether (sulfide) groups is 1. The van der Waals surface area contributed by atoms with Crippen LogP contribution >= 0.6 is 11.8 Å². The van der Waals surface area contributed by atoms with Crippen LogP contribution in [0, 0.1) is 0 Å². The zero-order valence-corrected chi connectivity index (χ0v) is 36.3. The van der Waals surface area contributed by atoms with Crippen molar-refractivity contribution in [3.8, 4) is 0 Å². The normalized spacial score (nSPS) is 12.6. The molecule has 1 unspecified atom stereocenters. The number of nitrogens with one attached hydrogen (secondary N) is 1. The molecule has 294 valence electrons. The van der Waals surface area contributed by atoms with E-state index in [9.17, 15) is 4.79 Å². The van der Waals surface area contributed by atoms with E-state index in [1.54, 1.807) is 11.8 Å². The molecule has 0 saturated carbocycles. The van der Waals surface area contributed by atoms with Crippen molar-refractivity contribution in [1.82, 2.24) is 5.32 Å². The van der Waals surface area contributed by atoms with Gasteiger partial charge in [0.25, 0.3) is 0 Å². The molecule has 5 heteroatoms. The van der Waals surface area contributed by atoms with Crippen molar-refractivity contribution in [2.45, 2.75) is 257 Å². The minimum Gasteiger partial charge on any atom is -0.416 e. The van der Waals surface area contributed by atoms with Crippen LogP contribution in [0.5, 0.6) is 0 Å². The van der Waals surface area contributed by atoms with Gasteiger partial charge < -0.3 is 9.74 Å². The Morgan fingerprint density at radius 2 is 0.878 bits per heavy atom. The van der Waals surface area contributed by atoms with Gasteiger partial charge in [-0.05, 0) is 45.4 Å². The summed E-state index contributed by atoms with van der Waals surface area (Å²) in [5, 5.41) is 3.92. The molecule has 0 aromatic heterocycles. The molecule has 0 rings (SSSR count). The fourth-order valence-corrected chi connectivity index (χ4v) is 9.93. The van der Waals surface area contributed by atoms with E-state index in [1.165, 1.54) is 199 Å². The van der Waals surface area contributed by atoms with Crippen LogP contribution in [0.1, 0.15) is 232 Å². The molecule has 0 aliphatic carbocycles. The van der Waals surface area contributed by atoms with Gasteiger partial charge in [-0.3, -0.25) is 4.79 Å². The maximum Gasteiger partial charge on any atom is 0.188 e. The SMILES string of the molecule is CCCCCCCCCCCCCCCCCCCCC(CO[Si](C)(C)CCCSC(=O)CCCCCCCCCCCCCCC)NC. The van der Waals surface area contributed by atoms with Crippen LogP contribution < -0.4 is 5.32 Å². The third-order valence-corrected chi connectivity index (χ3v) is 14.2. The summed E-state index contributed by atoms with van der Waals surface area (Å²) in [6.45, 7) is 10.2. The lowest BCUT2D eigenvalue weighted by Crippen LogP contribution is -2.38. The molecule has 0 fully saturated rings. The first-order valence-electron chi connectivity index (χ1n) is 22.4. The van der Waals surface area contributed by atoms with Crippen molar-refractivity contribution in [2.75, 3.05) is 19.4 Å². The molecule has 0 heterocycles. The Morgan fingerprint density at radius 1 is 0.531 bits per heavy atom. The molecule has 1 N–H and O–H groups in total. The van der Waals surface area contributed by atoms with Crippen LogP contribution in [0.25, 0.3) is 0 Å². The van der Waals surface area contributed by atoms with Gasteiger partial charge in [0, 0.05) is 24.8 Å². The van der Waals surface area contributed by atoms with E-state index in [0.29, 0.717) is 11.2 Å². The van der Waals surface area contributed by atoms with E-state index in [0.717, 1.165) is 37.7 Å². The topological polar surface area (TPSA) is 38.3 Å². The monoisotopic (exact) mass is 726 g/mol. The second kappa shape index (κ2) is 39.4. The van der Waals surface area contributed by atoms with E-state index in [2.05, 4.69) is 39.3 Å². The lowest BCUT2D eigenvalue weighted by molar-refractivity contribution is -0.111. The summed E-state index contributed by atoms with van der Waals surface area (Å²) < 4.78 is 6.51. The molecule has 0 aromatic carbocycles. The van der Waals surface area contributed by atoms with Gasteiger partial charge in [0.1, 0.15) is 0 Å². The first-order valence-corrected chi connectivity index (χ1v) is 26.5. The molecule has 0 bridgehead atoms. The standard InChI is InChI=1S/C44H91NO2SSi/c1-6-8-10-12-14-16-18-20-21-22-23-24-26-27-29-31-33-35-38-43(45-3)42-47-49(4,5)41-37-40-48-44(46)39-36-34-32-30-28-25-19-17-15-13-11-9-7-2/h43,45H,6-42H2,1-5H3. The summed E-state index contributed by atoms with van der Waals surface area (Å²) in [6, 6.07) is 1.63. The summed E-state index contributed by atoms with van der Waals surface area (Å²) in [7, 11) is 0.420. The zero-order chi connectivity index (χ0) is 35.9. The second-order valence-corrected chi connectivity index (χ2v) is 21.6. The highest BCUT2D eigenvalue weighted by Gasteiger charge is 2.23. The lowest BCUT2D eigenvalue weighted by atomic mass is 10.0. The van der Waals surface area contributed by atoms with Gasteiger partial charge in [-0.2, -0.15) is 0 Å². The van der Waals surface area contributed by atoms with E-state index < -0.39 is 8.32 Å². The third kappa shape index (κ3) is 39.2. The Kier molecular flexibility index (Phi) is 39.5. The number of hydrogen-bond acceptors (Lipinski definition) is 4. The number of unbranched alkanes of at least 4 members (excludes halogenated alkanes) is 29. The van der Waals surface area contributed by atoms with Gasteiger partial charge in [-0.15, -0.1) is 0 Å². The number of likely N-dealkylation sites (N-methyl/N-ethyl adjacent to an activating group) is 1. The Labute approximate surface area is 315 Å². The van der Waals surface area contributed by atoms with Gasteiger partial charge >= 0.3 is 0 Å². The highest BCUT2D eigenvalue weighted by Crippen LogP contribution is 2.20. The van der Waals surface area contributed by atoms with Gasteiger partial charge in [-0.25, -0.2) is 0 Å². The number of carbonyl (C=O) groups excluding carboxylic acids is 1. The quantitative estimate of drug-likeness (QED) is 0.0503. The summed E-state index contributed by atoms with van der Waals surface area (Å²) in [6.07, 6.45) is 46.5. The summed E-state index contributed by atoms with van der Waals surface area (Å²) in [5.41, 5.74) is 0. The Hall–Kier alpha value is 0.157. The van der Waals surface area contributed by atoms with Crippen molar-refractivity contribution in [3.05, 3.63) is 0 Å². The Balaban J connectivity index is 3.56. The minimum absolute atomic E-state index is 0.406. The van der Waals surface area contributed by atoms with E-state index in [-0.39, 0.29) is 0 Å².